The normalized spacial score (nSPS) is 15.4. The fourth-order valence-electron chi connectivity index (χ4n) is 1.82. The first-order chi connectivity index (χ1) is 8.13. The number of amides is 1. The number of hydrogen-bond donors (Lipinski definition) is 0. The molecule has 0 fully saturated rings. The van der Waals surface area contributed by atoms with E-state index in [0.717, 1.165) is 6.42 Å². The molecule has 0 bridgehead atoms. The van der Waals surface area contributed by atoms with Gasteiger partial charge in [-0.2, -0.15) is 5.10 Å². The number of nitrogens with zero attached hydrogens (tertiary/aromatic N) is 3. The van der Waals surface area contributed by atoms with Crippen molar-refractivity contribution >= 4 is 11.9 Å². The zero-order valence-corrected chi connectivity index (χ0v) is 9.97. The van der Waals surface area contributed by atoms with E-state index in [9.17, 15) is 9.59 Å². The molecule has 0 atom stereocenters. The summed E-state index contributed by atoms with van der Waals surface area (Å²) in [7, 11) is 1.75. The molecule has 0 aromatic carbocycles. The van der Waals surface area contributed by atoms with Crippen molar-refractivity contribution in [1.82, 2.24) is 14.7 Å². The van der Waals surface area contributed by atoms with E-state index in [-0.39, 0.29) is 11.6 Å². The van der Waals surface area contributed by atoms with Crippen molar-refractivity contribution in [2.75, 3.05) is 20.2 Å². The van der Waals surface area contributed by atoms with Gasteiger partial charge in [0.1, 0.15) is 5.69 Å². The molecule has 1 aromatic heterocycles. The molecule has 1 aliphatic heterocycles. The van der Waals surface area contributed by atoms with Crippen LogP contribution < -0.4 is 0 Å². The van der Waals surface area contributed by atoms with Crippen molar-refractivity contribution < 1.29 is 14.3 Å². The highest BCUT2D eigenvalue weighted by Crippen LogP contribution is 2.13. The molecule has 1 amide bonds. The topological polar surface area (TPSA) is 64.4 Å². The standard InChI is InChI=1S/C11H15N3O3/c1-3-17-11(16)8-7-9-10(15)13(2)5-4-6-14(9)12-8/h7H,3-6H2,1-2H3. The summed E-state index contributed by atoms with van der Waals surface area (Å²) in [6.07, 6.45) is 0.833. The summed E-state index contributed by atoms with van der Waals surface area (Å²) in [6, 6.07) is 1.50. The van der Waals surface area contributed by atoms with Gasteiger partial charge in [0.15, 0.2) is 5.69 Å². The smallest absolute Gasteiger partial charge is 0.358 e. The van der Waals surface area contributed by atoms with Gasteiger partial charge in [-0.1, -0.05) is 0 Å². The van der Waals surface area contributed by atoms with Crippen LogP contribution in [0.5, 0.6) is 0 Å². The zero-order chi connectivity index (χ0) is 12.4. The number of aromatic nitrogens is 2. The summed E-state index contributed by atoms with van der Waals surface area (Å²) in [5, 5.41) is 4.11. The van der Waals surface area contributed by atoms with Crippen molar-refractivity contribution in [2.45, 2.75) is 19.9 Å². The van der Waals surface area contributed by atoms with Gasteiger partial charge in [0, 0.05) is 26.2 Å². The molecule has 0 spiro atoms. The highest BCUT2D eigenvalue weighted by Gasteiger charge is 2.24. The van der Waals surface area contributed by atoms with Gasteiger partial charge in [-0.3, -0.25) is 9.48 Å². The molecule has 1 aliphatic rings. The Labute approximate surface area is 99.1 Å². The van der Waals surface area contributed by atoms with Crippen LogP contribution in [-0.2, 0) is 11.3 Å². The van der Waals surface area contributed by atoms with Crippen LogP contribution in [0, 0.1) is 0 Å². The Kier molecular flexibility index (Phi) is 3.12. The van der Waals surface area contributed by atoms with Crippen molar-refractivity contribution in [2.24, 2.45) is 0 Å². The van der Waals surface area contributed by atoms with Crippen LogP contribution >= 0.6 is 0 Å². The summed E-state index contributed by atoms with van der Waals surface area (Å²) in [5.74, 6) is -0.589. The van der Waals surface area contributed by atoms with Gasteiger partial charge < -0.3 is 9.64 Å². The molecule has 0 unspecified atom stereocenters. The number of hydrogen-bond acceptors (Lipinski definition) is 4. The molecular weight excluding hydrogens is 222 g/mol. The lowest BCUT2D eigenvalue weighted by molar-refractivity contribution is 0.0518. The third-order valence-corrected chi connectivity index (χ3v) is 2.69. The van der Waals surface area contributed by atoms with Crippen molar-refractivity contribution in [3.8, 4) is 0 Å². The SMILES string of the molecule is CCOC(=O)c1cc2n(n1)CCCN(C)C2=O. The van der Waals surface area contributed by atoms with Gasteiger partial charge in [0.25, 0.3) is 5.91 Å². The predicted octanol–water partition coefficient (Wildman–Crippen LogP) is 0.536. The average Bonchev–Trinajstić information content (AvgIpc) is 2.67. The van der Waals surface area contributed by atoms with Crippen LogP contribution in [0.2, 0.25) is 0 Å². The van der Waals surface area contributed by atoms with Gasteiger partial charge in [-0.05, 0) is 13.3 Å². The minimum absolute atomic E-state index is 0.106. The zero-order valence-electron chi connectivity index (χ0n) is 9.97. The van der Waals surface area contributed by atoms with E-state index in [2.05, 4.69) is 5.10 Å². The summed E-state index contributed by atoms with van der Waals surface area (Å²) in [4.78, 5) is 25.1. The monoisotopic (exact) mass is 237 g/mol. The number of ether oxygens (including phenoxy) is 1. The van der Waals surface area contributed by atoms with E-state index in [1.165, 1.54) is 6.07 Å². The molecule has 17 heavy (non-hydrogen) atoms. The van der Waals surface area contributed by atoms with Crippen LogP contribution in [-0.4, -0.2) is 46.8 Å². The van der Waals surface area contributed by atoms with Gasteiger partial charge in [0.2, 0.25) is 0 Å². The largest absolute Gasteiger partial charge is 0.461 e. The molecule has 0 radical (unpaired) electrons. The van der Waals surface area contributed by atoms with Crippen molar-refractivity contribution in [3.63, 3.8) is 0 Å². The van der Waals surface area contributed by atoms with Crippen LogP contribution in [0.15, 0.2) is 6.07 Å². The van der Waals surface area contributed by atoms with E-state index in [4.69, 9.17) is 4.74 Å². The van der Waals surface area contributed by atoms with Crippen LogP contribution in [0.3, 0.4) is 0 Å². The minimum Gasteiger partial charge on any atom is -0.461 e. The Morgan fingerprint density at radius 3 is 3.00 bits per heavy atom. The molecule has 0 aliphatic carbocycles. The van der Waals surface area contributed by atoms with Crippen LogP contribution in [0.4, 0.5) is 0 Å². The summed E-state index contributed by atoms with van der Waals surface area (Å²) >= 11 is 0. The molecule has 2 rings (SSSR count). The number of carbonyl (C=O) groups is 2. The Morgan fingerprint density at radius 2 is 2.29 bits per heavy atom. The first-order valence-corrected chi connectivity index (χ1v) is 5.64. The van der Waals surface area contributed by atoms with E-state index < -0.39 is 5.97 Å². The first-order valence-electron chi connectivity index (χ1n) is 5.64. The van der Waals surface area contributed by atoms with Crippen LogP contribution in [0.1, 0.15) is 34.3 Å². The Hall–Kier alpha value is -1.85. The molecule has 6 nitrogen and oxygen atoms in total. The molecule has 0 N–H and O–H groups in total. The number of esters is 1. The van der Waals surface area contributed by atoms with Gasteiger partial charge in [-0.25, -0.2) is 4.79 Å². The number of rotatable bonds is 2. The minimum atomic E-state index is -0.483. The quantitative estimate of drug-likeness (QED) is 0.704. The van der Waals surface area contributed by atoms with Gasteiger partial charge in [0.05, 0.1) is 6.61 Å². The molecule has 0 saturated heterocycles. The molecule has 1 aromatic rings. The second kappa shape index (κ2) is 4.57. The molecular formula is C11H15N3O3. The highest BCUT2D eigenvalue weighted by atomic mass is 16.5. The van der Waals surface area contributed by atoms with E-state index in [1.54, 1.807) is 23.6 Å². The van der Waals surface area contributed by atoms with Crippen molar-refractivity contribution in [3.05, 3.63) is 17.5 Å². The highest BCUT2D eigenvalue weighted by molar-refractivity contribution is 5.96. The maximum absolute atomic E-state index is 11.9. The lowest BCUT2D eigenvalue weighted by Gasteiger charge is -2.11. The molecule has 0 saturated carbocycles. The number of fused-ring (bicyclic) bond motifs is 1. The van der Waals surface area contributed by atoms with E-state index in [0.29, 0.717) is 25.4 Å². The Balaban J connectivity index is 2.31. The average molecular weight is 237 g/mol. The third kappa shape index (κ3) is 2.15. The Morgan fingerprint density at radius 1 is 1.53 bits per heavy atom. The summed E-state index contributed by atoms with van der Waals surface area (Å²) in [5.41, 5.74) is 0.651. The van der Waals surface area contributed by atoms with E-state index in [1.807, 2.05) is 0 Å². The lowest BCUT2D eigenvalue weighted by atomic mass is 10.3. The Bertz CT molecular complexity index is 453. The summed E-state index contributed by atoms with van der Waals surface area (Å²) < 4.78 is 6.44. The summed E-state index contributed by atoms with van der Waals surface area (Å²) in [6.45, 7) is 3.38. The fraction of sp³-hybridized carbons (Fsp3) is 0.545. The van der Waals surface area contributed by atoms with Crippen LogP contribution in [0.25, 0.3) is 0 Å². The van der Waals surface area contributed by atoms with Gasteiger partial charge in [-0.15, -0.1) is 0 Å². The van der Waals surface area contributed by atoms with E-state index >= 15 is 0 Å². The fourth-order valence-corrected chi connectivity index (χ4v) is 1.82. The van der Waals surface area contributed by atoms with Crippen molar-refractivity contribution in [1.29, 1.82) is 0 Å². The predicted molar refractivity (Wildman–Crippen MR) is 59.8 cm³/mol. The van der Waals surface area contributed by atoms with Gasteiger partial charge >= 0.3 is 5.97 Å². The maximum Gasteiger partial charge on any atom is 0.358 e. The second-order valence-electron chi connectivity index (χ2n) is 3.94. The molecule has 92 valence electrons. The first kappa shape index (κ1) is 11.6. The molecule has 6 heteroatoms. The molecule has 2 heterocycles. The third-order valence-electron chi connectivity index (χ3n) is 2.69. The maximum atomic E-state index is 11.9. The number of carbonyl (C=O) groups excluding carboxylic acids is 2. The number of aryl methyl sites for hydroxylation is 1. The lowest BCUT2D eigenvalue weighted by Crippen LogP contribution is -2.26. The second-order valence-corrected chi connectivity index (χ2v) is 3.94.